The number of imidazole rings is 2. The molecule has 1 aromatic carbocycles. The maximum atomic E-state index is 16.8. The normalized spacial score (nSPS) is 23.1. The van der Waals surface area contributed by atoms with E-state index >= 15 is 4.39 Å². The smallest absolute Gasteiger partial charge is 0.407 e. The van der Waals surface area contributed by atoms with Gasteiger partial charge in [0.1, 0.15) is 29.3 Å². The molecule has 5 aromatic rings. The van der Waals surface area contributed by atoms with Gasteiger partial charge in [-0.2, -0.15) is 0 Å². The van der Waals surface area contributed by atoms with Crippen LogP contribution in [0.25, 0.3) is 34.7 Å². The van der Waals surface area contributed by atoms with Crippen LogP contribution in [-0.4, -0.2) is 80.9 Å². The molecule has 4 aromatic heterocycles. The molecule has 5 aliphatic rings. The molecule has 5 atom stereocenters. The van der Waals surface area contributed by atoms with E-state index in [1.807, 2.05) is 12.3 Å². The third-order valence-electron chi connectivity index (χ3n) is 12.9. The molecular formula is C44H49FN8O5S. The number of alkyl carbamates (subject to hydrolysis) is 1. The largest absolute Gasteiger partial charge is 0.464 e. The average Bonchev–Trinajstić information content (AvgIpc) is 4.11. The third-order valence-corrected chi connectivity index (χ3v) is 14.1. The number of likely N-dealkylation sites (tertiary alicyclic amines) is 1. The highest BCUT2D eigenvalue weighted by atomic mass is 32.1. The van der Waals surface area contributed by atoms with Crippen molar-refractivity contribution in [1.82, 2.24) is 40.0 Å². The average molecular weight is 821 g/mol. The number of aromatic nitrogens is 5. The first-order valence-corrected chi connectivity index (χ1v) is 21.6. The maximum Gasteiger partial charge on any atom is 0.407 e. The van der Waals surface area contributed by atoms with Crippen LogP contribution in [0, 0.1) is 25.6 Å². The van der Waals surface area contributed by atoms with Crippen molar-refractivity contribution >= 4 is 35.5 Å². The maximum absolute atomic E-state index is 16.8. The number of H-pyrrole nitrogens is 2. The van der Waals surface area contributed by atoms with E-state index in [0.29, 0.717) is 67.4 Å². The summed E-state index contributed by atoms with van der Waals surface area (Å²) in [4.78, 5) is 47.1. The van der Waals surface area contributed by atoms with Gasteiger partial charge >= 0.3 is 6.09 Å². The van der Waals surface area contributed by atoms with Gasteiger partial charge < -0.3 is 39.7 Å². The molecule has 3 fully saturated rings. The number of hydrogen-bond donors (Lipinski definition) is 4. The third kappa shape index (κ3) is 6.86. The summed E-state index contributed by atoms with van der Waals surface area (Å²) in [5.41, 5.74) is 4.67. The van der Waals surface area contributed by atoms with Crippen LogP contribution in [-0.2, 0) is 14.3 Å². The number of aromatic amines is 2. The molecule has 0 radical (unpaired) electrons. The summed E-state index contributed by atoms with van der Waals surface area (Å²) >= 11 is 1.70. The summed E-state index contributed by atoms with van der Waals surface area (Å²) in [5, 5.41) is 8.40. The van der Waals surface area contributed by atoms with Crippen LogP contribution >= 0.6 is 11.3 Å². The van der Waals surface area contributed by atoms with E-state index in [0.717, 1.165) is 64.9 Å². The Balaban J connectivity index is 0.977. The molecule has 0 bridgehead atoms. The molecule has 0 saturated carbocycles. The lowest BCUT2D eigenvalue weighted by atomic mass is 9.90. The van der Waals surface area contributed by atoms with E-state index in [4.69, 9.17) is 24.2 Å². The lowest BCUT2D eigenvalue weighted by Crippen LogP contribution is -2.53. The van der Waals surface area contributed by atoms with E-state index in [-0.39, 0.29) is 29.8 Å². The molecule has 59 heavy (non-hydrogen) atoms. The van der Waals surface area contributed by atoms with Crippen LogP contribution in [0.15, 0.2) is 36.7 Å². The summed E-state index contributed by atoms with van der Waals surface area (Å²) in [7, 11) is 1.30. The van der Waals surface area contributed by atoms with E-state index in [1.165, 1.54) is 23.6 Å². The Morgan fingerprint density at radius 1 is 1.03 bits per heavy atom. The number of halogens is 1. The van der Waals surface area contributed by atoms with Gasteiger partial charge in [0, 0.05) is 53.4 Å². The molecule has 15 heteroatoms. The van der Waals surface area contributed by atoms with Crippen LogP contribution < -0.4 is 25.9 Å². The monoisotopic (exact) mass is 820 g/mol. The van der Waals surface area contributed by atoms with Gasteiger partial charge in [-0.3, -0.25) is 9.36 Å². The number of amides is 2. The second kappa shape index (κ2) is 15.4. The van der Waals surface area contributed by atoms with Crippen molar-refractivity contribution in [3.8, 4) is 28.3 Å². The highest BCUT2D eigenvalue weighted by Gasteiger charge is 2.40. The predicted octanol–water partition coefficient (Wildman–Crippen LogP) is 6.01. The lowest BCUT2D eigenvalue weighted by molar-refractivity contribution is -0.136. The minimum absolute atomic E-state index is 0.0690. The molecule has 1 aliphatic carbocycles. The zero-order valence-corrected chi connectivity index (χ0v) is 34.3. The Bertz CT molecular complexity index is 2530. The number of methoxy groups -OCH3 is 1. The van der Waals surface area contributed by atoms with Gasteiger partial charge in [0.25, 0.3) is 0 Å². The summed E-state index contributed by atoms with van der Waals surface area (Å²) in [6, 6.07) is 6.90. The van der Waals surface area contributed by atoms with Gasteiger partial charge in [0.15, 0.2) is 0 Å². The number of rotatable bonds is 8. The topological polar surface area (TPSA) is 151 Å². The van der Waals surface area contributed by atoms with Gasteiger partial charge in [-0.15, -0.1) is 11.3 Å². The van der Waals surface area contributed by atoms with Crippen LogP contribution in [0.1, 0.15) is 102 Å². The number of carbonyl (C=O) groups is 2. The number of ether oxygens (including phenoxy) is 3. The van der Waals surface area contributed by atoms with Gasteiger partial charge in [0.2, 0.25) is 12.1 Å². The fourth-order valence-corrected chi connectivity index (χ4v) is 10.7. The summed E-state index contributed by atoms with van der Waals surface area (Å²) in [6.07, 6.45) is 12.9. The number of benzene rings is 1. The highest BCUT2D eigenvalue weighted by Crippen LogP contribution is 2.45. The zero-order valence-electron chi connectivity index (χ0n) is 33.5. The molecule has 5 unspecified atom stereocenters. The van der Waals surface area contributed by atoms with Crippen LogP contribution in [0.2, 0.25) is 0 Å². The molecule has 4 aliphatic heterocycles. The molecule has 3 saturated heterocycles. The highest BCUT2D eigenvalue weighted by molar-refractivity contribution is 7.12. The van der Waals surface area contributed by atoms with Gasteiger partial charge in [-0.1, -0.05) is 12.2 Å². The molecule has 8 heterocycles. The number of nitrogens with zero attached hydrogens (tertiary/aromatic N) is 4. The molecule has 4 N–H and O–H groups in total. The zero-order chi connectivity index (χ0) is 40.4. The first-order chi connectivity index (χ1) is 28.7. The molecular weight excluding hydrogens is 772 g/mol. The number of carbonyl (C=O) groups excluding carboxylic acids is 2. The number of fused-ring (bicyclic) bond motifs is 5. The summed E-state index contributed by atoms with van der Waals surface area (Å²) in [6.45, 7) is 6.84. The van der Waals surface area contributed by atoms with E-state index in [1.54, 1.807) is 22.4 Å². The number of nitrogens with one attached hydrogen (secondary N) is 4. The van der Waals surface area contributed by atoms with E-state index in [2.05, 4.69) is 63.3 Å². The van der Waals surface area contributed by atoms with E-state index in [9.17, 15) is 9.59 Å². The lowest BCUT2D eigenvalue weighted by Gasteiger charge is -2.34. The van der Waals surface area contributed by atoms with Crippen LogP contribution in [0.3, 0.4) is 0 Å². The van der Waals surface area contributed by atoms with Gasteiger partial charge in [-0.05, 0) is 106 Å². The fraction of sp³-hybridized carbons (Fsp3) is 0.455. The first-order valence-electron chi connectivity index (χ1n) is 20.8. The second-order valence-electron chi connectivity index (χ2n) is 16.5. The predicted molar refractivity (Wildman–Crippen MR) is 221 cm³/mol. The van der Waals surface area contributed by atoms with Crippen molar-refractivity contribution in [3.05, 3.63) is 85.7 Å². The molecule has 10 rings (SSSR count). The second-order valence-corrected chi connectivity index (χ2v) is 17.7. The SMILES string of the molecule is COC(=O)NC(C(=O)N1CCCC1c1ncc(-c2cc(F)c3c(c2)OC(c2cc(C)c(C)s2)n2c-3cc3c2=CCC(c2cnc(C4CCCN4)[nH]2)C=3)[nH]1)C1CCOCC1. The standard InChI is InChI=1S/C44H49FN8O5S/c1-23-16-37(59-24(23)2)43-53-33-9-8-26(31-21-47-40(49-31)30-6-4-12-46-30)17-28(33)19-35(53)38-29(45)18-27(20-36(38)58-43)32-22-48-41(50-32)34-7-5-13-52(34)42(54)39(51-44(55)56-3)25-10-14-57-15-11-25/h9,16-22,25-26,30,34,39,43,46H,4-8,10-15H2,1-3H3,(H,47,49)(H,48,50)(H,51,55). The van der Waals surface area contributed by atoms with Crippen LogP contribution in [0.5, 0.6) is 5.75 Å². The first kappa shape index (κ1) is 38.0. The minimum atomic E-state index is -0.736. The Labute approximate surface area is 345 Å². The van der Waals surface area contributed by atoms with Crippen molar-refractivity contribution in [2.45, 2.75) is 89.1 Å². The molecule has 13 nitrogen and oxygen atoms in total. The Kier molecular flexibility index (Phi) is 9.92. The molecule has 0 spiro atoms. The quantitative estimate of drug-likeness (QED) is 0.149. The van der Waals surface area contributed by atoms with Crippen LogP contribution in [0.4, 0.5) is 9.18 Å². The fourth-order valence-electron chi connectivity index (χ4n) is 9.65. The van der Waals surface area contributed by atoms with Crippen molar-refractivity contribution in [3.63, 3.8) is 0 Å². The van der Waals surface area contributed by atoms with Crippen molar-refractivity contribution in [1.29, 1.82) is 0 Å². The summed E-state index contributed by atoms with van der Waals surface area (Å²) < 4.78 is 36.2. The Morgan fingerprint density at radius 2 is 1.88 bits per heavy atom. The van der Waals surface area contributed by atoms with Gasteiger partial charge in [-0.25, -0.2) is 19.2 Å². The molecule has 308 valence electrons. The number of aryl methyl sites for hydroxylation is 2. The molecule has 2 amide bonds. The van der Waals surface area contributed by atoms with Crippen molar-refractivity contribution in [2.75, 3.05) is 33.4 Å². The minimum Gasteiger partial charge on any atom is -0.464 e. The van der Waals surface area contributed by atoms with Crippen molar-refractivity contribution < 1.29 is 28.2 Å². The number of thiophene rings is 1. The number of hydrogen-bond acceptors (Lipinski definition) is 9. The van der Waals surface area contributed by atoms with Gasteiger partial charge in [0.05, 0.1) is 47.2 Å². The van der Waals surface area contributed by atoms with E-state index < -0.39 is 24.2 Å². The Hall–Kier alpha value is -5.25. The van der Waals surface area contributed by atoms with Crippen molar-refractivity contribution in [2.24, 2.45) is 5.92 Å². The summed E-state index contributed by atoms with van der Waals surface area (Å²) in [5.74, 6) is 1.54. The Morgan fingerprint density at radius 3 is 2.66 bits per heavy atom.